The van der Waals surface area contributed by atoms with Crippen LogP contribution in [0.25, 0.3) is 11.3 Å². The van der Waals surface area contributed by atoms with Crippen LogP contribution in [-0.2, 0) is 15.3 Å². The summed E-state index contributed by atoms with van der Waals surface area (Å²) in [7, 11) is 0. The summed E-state index contributed by atoms with van der Waals surface area (Å²) in [4.78, 5) is 21.2. The molecule has 0 fully saturated rings. The van der Waals surface area contributed by atoms with E-state index in [9.17, 15) is 9.59 Å². The number of carbonyl (C=O) groups is 2. The summed E-state index contributed by atoms with van der Waals surface area (Å²) < 4.78 is 5.21. The van der Waals surface area contributed by atoms with Gasteiger partial charge >= 0.3 is 5.97 Å². The van der Waals surface area contributed by atoms with Gasteiger partial charge in [0, 0.05) is 17.4 Å². The molecule has 0 radical (unpaired) electrons. The molecule has 6 nitrogen and oxygen atoms in total. The van der Waals surface area contributed by atoms with E-state index in [0.29, 0.717) is 17.9 Å². The van der Waals surface area contributed by atoms with Crippen LogP contribution in [0.1, 0.15) is 5.76 Å². The van der Waals surface area contributed by atoms with Crippen LogP contribution < -0.4 is 5.32 Å². The van der Waals surface area contributed by atoms with Crippen molar-refractivity contribution in [2.24, 2.45) is 0 Å². The largest absolute Gasteiger partial charge is 0.480 e. The number of carboxylic acids is 1. The zero-order valence-electron chi connectivity index (χ0n) is 11.1. The predicted octanol–water partition coefficient (Wildman–Crippen LogP) is 1.77. The summed E-state index contributed by atoms with van der Waals surface area (Å²) in [6.07, 6.45) is 0.390. The Labute approximate surface area is 125 Å². The van der Waals surface area contributed by atoms with E-state index in [2.05, 4.69) is 10.5 Å². The van der Waals surface area contributed by atoms with Gasteiger partial charge in [-0.05, 0) is 0 Å². The van der Waals surface area contributed by atoms with E-state index in [1.807, 2.05) is 36.4 Å². The number of thioether (sulfide) groups is 1. The Kier molecular flexibility index (Phi) is 5.39. The second-order valence-electron chi connectivity index (χ2n) is 4.23. The van der Waals surface area contributed by atoms with E-state index in [1.54, 1.807) is 0 Å². The number of hydrogen-bond donors (Lipinski definition) is 2. The topological polar surface area (TPSA) is 92.4 Å². The smallest absolute Gasteiger partial charge is 0.327 e. The van der Waals surface area contributed by atoms with Crippen molar-refractivity contribution in [3.63, 3.8) is 0 Å². The molecule has 2 rings (SSSR count). The standard InChI is InChI=1S/C14H14N2O4S/c17-9-15-13(14(18)19)8-21-7-11-6-12(16-20-11)10-4-2-1-3-5-10/h1-6,9,13H,7-8H2,(H,15,17)(H,18,19). The number of aliphatic carboxylic acids is 1. The average Bonchev–Trinajstić information content (AvgIpc) is 2.96. The van der Waals surface area contributed by atoms with Crippen LogP contribution in [0.4, 0.5) is 0 Å². The zero-order chi connectivity index (χ0) is 15.1. The van der Waals surface area contributed by atoms with Crippen molar-refractivity contribution >= 4 is 24.1 Å². The first-order valence-electron chi connectivity index (χ1n) is 6.22. The summed E-state index contributed by atoms with van der Waals surface area (Å²) in [5.74, 6) is 0.353. The molecule has 1 heterocycles. The second-order valence-corrected chi connectivity index (χ2v) is 5.27. The molecular formula is C14H14N2O4S. The molecule has 1 atom stereocenters. The first-order valence-corrected chi connectivity index (χ1v) is 7.37. The molecule has 0 saturated heterocycles. The van der Waals surface area contributed by atoms with Gasteiger partial charge in [-0.3, -0.25) is 4.79 Å². The highest BCUT2D eigenvalue weighted by molar-refractivity contribution is 7.98. The Morgan fingerprint density at radius 2 is 2.19 bits per heavy atom. The molecule has 2 aromatic rings. The van der Waals surface area contributed by atoms with Crippen molar-refractivity contribution in [1.29, 1.82) is 0 Å². The molecular weight excluding hydrogens is 292 g/mol. The highest BCUT2D eigenvalue weighted by Gasteiger charge is 2.16. The van der Waals surface area contributed by atoms with Crippen molar-refractivity contribution in [3.05, 3.63) is 42.2 Å². The van der Waals surface area contributed by atoms with Gasteiger partial charge in [-0.2, -0.15) is 11.8 Å². The minimum atomic E-state index is -1.06. The minimum absolute atomic E-state index is 0.259. The minimum Gasteiger partial charge on any atom is -0.480 e. The lowest BCUT2D eigenvalue weighted by molar-refractivity contribution is -0.139. The van der Waals surface area contributed by atoms with Gasteiger partial charge < -0.3 is 14.9 Å². The van der Waals surface area contributed by atoms with Gasteiger partial charge in [0.05, 0.1) is 5.75 Å². The van der Waals surface area contributed by atoms with E-state index < -0.39 is 12.0 Å². The number of benzene rings is 1. The zero-order valence-corrected chi connectivity index (χ0v) is 11.9. The highest BCUT2D eigenvalue weighted by Crippen LogP contribution is 2.21. The van der Waals surface area contributed by atoms with E-state index in [0.717, 1.165) is 11.3 Å². The molecule has 0 aliphatic carbocycles. The summed E-state index contributed by atoms with van der Waals surface area (Å²) >= 11 is 1.36. The number of nitrogens with zero attached hydrogens (tertiary/aromatic N) is 1. The van der Waals surface area contributed by atoms with Gasteiger partial charge in [0.25, 0.3) is 0 Å². The monoisotopic (exact) mass is 306 g/mol. The van der Waals surface area contributed by atoms with Crippen molar-refractivity contribution in [2.75, 3.05) is 5.75 Å². The Morgan fingerprint density at radius 3 is 2.86 bits per heavy atom. The molecule has 1 aromatic heterocycles. The molecule has 110 valence electrons. The fourth-order valence-corrected chi connectivity index (χ4v) is 2.61. The van der Waals surface area contributed by atoms with Crippen molar-refractivity contribution < 1.29 is 19.2 Å². The molecule has 1 aromatic carbocycles. The molecule has 1 unspecified atom stereocenters. The fourth-order valence-electron chi connectivity index (χ4n) is 1.68. The highest BCUT2D eigenvalue weighted by atomic mass is 32.2. The molecule has 1 amide bonds. The van der Waals surface area contributed by atoms with E-state index in [-0.39, 0.29) is 5.75 Å². The number of rotatable bonds is 8. The molecule has 7 heteroatoms. The SMILES string of the molecule is O=CNC(CSCc1cc(-c2ccccc2)no1)C(=O)O. The average molecular weight is 306 g/mol. The summed E-state index contributed by atoms with van der Waals surface area (Å²) in [5.41, 5.74) is 1.70. The quantitative estimate of drug-likeness (QED) is 0.722. The molecule has 0 spiro atoms. The summed E-state index contributed by atoms with van der Waals surface area (Å²) in [6, 6.07) is 10.6. The number of nitrogens with one attached hydrogen (secondary N) is 1. The van der Waals surface area contributed by atoms with Crippen LogP contribution in [0.5, 0.6) is 0 Å². The van der Waals surface area contributed by atoms with Gasteiger partial charge in [-0.1, -0.05) is 35.5 Å². The normalized spacial score (nSPS) is 11.8. The summed E-state index contributed by atoms with van der Waals surface area (Å²) in [5, 5.41) is 15.1. The third-order valence-corrected chi connectivity index (χ3v) is 3.78. The van der Waals surface area contributed by atoms with Crippen LogP contribution in [0, 0.1) is 0 Å². The van der Waals surface area contributed by atoms with Crippen LogP contribution in [0.15, 0.2) is 40.9 Å². The second kappa shape index (κ2) is 7.49. The van der Waals surface area contributed by atoms with Crippen LogP contribution in [0.3, 0.4) is 0 Å². The number of carboxylic acid groups (broad SMARTS) is 1. The van der Waals surface area contributed by atoms with E-state index in [1.165, 1.54) is 11.8 Å². The van der Waals surface area contributed by atoms with Gasteiger partial charge in [-0.15, -0.1) is 0 Å². The third kappa shape index (κ3) is 4.35. The maximum atomic E-state index is 10.9. The maximum absolute atomic E-state index is 10.9. The van der Waals surface area contributed by atoms with Crippen molar-refractivity contribution in [3.8, 4) is 11.3 Å². The molecule has 0 aliphatic rings. The Bertz CT molecular complexity index is 600. The van der Waals surface area contributed by atoms with E-state index in [4.69, 9.17) is 9.63 Å². The fraction of sp³-hybridized carbons (Fsp3) is 0.214. The van der Waals surface area contributed by atoms with Crippen LogP contribution in [0.2, 0.25) is 0 Å². The first-order chi connectivity index (χ1) is 10.2. The lowest BCUT2D eigenvalue weighted by atomic mass is 10.1. The summed E-state index contributed by atoms with van der Waals surface area (Å²) in [6.45, 7) is 0. The number of aromatic nitrogens is 1. The van der Waals surface area contributed by atoms with Gasteiger partial charge in [-0.25, -0.2) is 4.79 Å². The number of amides is 1. The van der Waals surface area contributed by atoms with Gasteiger partial charge in [0.15, 0.2) is 0 Å². The number of hydrogen-bond acceptors (Lipinski definition) is 5. The Hall–Kier alpha value is -2.28. The number of carbonyl (C=O) groups excluding carboxylic acids is 1. The lowest BCUT2D eigenvalue weighted by Gasteiger charge is -2.09. The van der Waals surface area contributed by atoms with Crippen molar-refractivity contribution in [2.45, 2.75) is 11.8 Å². The lowest BCUT2D eigenvalue weighted by Crippen LogP contribution is -2.37. The first kappa shape index (κ1) is 15.1. The van der Waals surface area contributed by atoms with Gasteiger partial charge in [0.1, 0.15) is 17.5 Å². The third-order valence-electron chi connectivity index (χ3n) is 2.72. The Morgan fingerprint density at radius 1 is 1.43 bits per heavy atom. The molecule has 21 heavy (non-hydrogen) atoms. The molecule has 0 saturated carbocycles. The Balaban J connectivity index is 1.88. The van der Waals surface area contributed by atoms with Gasteiger partial charge in [0.2, 0.25) is 6.41 Å². The van der Waals surface area contributed by atoms with E-state index >= 15 is 0 Å². The predicted molar refractivity (Wildman–Crippen MR) is 78.7 cm³/mol. The van der Waals surface area contributed by atoms with Crippen LogP contribution >= 0.6 is 11.8 Å². The maximum Gasteiger partial charge on any atom is 0.327 e. The molecule has 0 aliphatic heterocycles. The van der Waals surface area contributed by atoms with Crippen molar-refractivity contribution in [1.82, 2.24) is 10.5 Å². The van der Waals surface area contributed by atoms with Crippen LogP contribution in [-0.4, -0.2) is 34.4 Å². The molecule has 0 bridgehead atoms. The molecule has 2 N–H and O–H groups in total.